The first-order valence-corrected chi connectivity index (χ1v) is 7.63. The van der Waals surface area contributed by atoms with Crippen molar-refractivity contribution in [3.05, 3.63) is 38.8 Å². The van der Waals surface area contributed by atoms with Crippen LogP contribution in [0.5, 0.6) is 0 Å². The number of rotatable bonds is 2. The normalized spacial score (nSPS) is 22.0. The average molecular weight is 320 g/mol. The van der Waals surface area contributed by atoms with Crippen molar-refractivity contribution >= 4 is 33.9 Å². The van der Waals surface area contributed by atoms with Gasteiger partial charge in [-0.15, -0.1) is 0 Å². The molecule has 0 saturated heterocycles. The van der Waals surface area contributed by atoms with Crippen LogP contribution < -0.4 is 0 Å². The average Bonchev–Trinajstić information content (AvgIpc) is 2.92. The van der Waals surface area contributed by atoms with Crippen molar-refractivity contribution < 1.29 is 19.3 Å². The molecule has 7 nitrogen and oxygen atoms in total. The Bertz CT molecular complexity index is 736. The van der Waals surface area contributed by atoms with Gasteiger partial charge in [0.1, 0.15) is 5.56 Å². The highest BCUT2D eigenvalue weighted by molar-refractivity contribution is 7.14. The van der Waals surface area contributed by atoms with Gasteiger partial charge in [0.15, 0.2) is 5.78 Å². The van der Waals surface area contributed by atoms with Gasteiger partial charge in [-0.25, -0.2) is 0 Å². The molecule has 0 spiro atoms. The summed E-state index contributed by atoms with van der Waals surface area (Å²) in [4.78, 5) is 48.3. The monoisotopic (exact) mass is 320 g/mol. The van der Waals surface area contributed by atoms with E-state index in [-0.39, 0.29) is 28.3 Å². The number of imide groups is 1. The molecule has 1 fully saturated rings. The van der Waals surface area contributed by atoms with Gasteiger partial charge in [-0.3, -0.25) is 29.4 Å². The number of fused-ring (bicyclic) bond motifs is 1. The Morgan fingerprint density at radius 3 is 2.73 bits per heavy atom. The minimum Gasteiger partial charge on any atom is -0.297 e. The maximum Gasteiger partial charge on any atom is 0.337 e. The van der Waals surface area contributed by atoms with E-state index >= 15 is 0 Å². The summed E-state index contributed by atoms with van der Waals surface area (Å²) in [6.45, 7) is 3.79. The number of thiophene rings is 1. The van der Waals surface area contributed by atoms with Crippen LogP contribution in [-0.4, -0.2) is 33.5 Å². The second-order valence-electron chi connectivity index (χ2n) is 5.37. The van der Waals surface area contributed by atoms with E-state index in [9.17, 15) is 24.5 Å². The molecule has 1 atom stereocenters. The van der Waals surface area contributed by atoms with E-state index in [1.807, 2.05) is 0 Å². The van der Waals surface area contributed by atoms with Crippen LogP contribution in [0.2, 0.25) is 0 Å². The minimum absolute atomic E-state index is 0.0255. The zero-order valence-corrected chi connectivity index (χ0v) is 12.4. The van der Waals surface area contributed by atoms with Gasteiger partial charge in [-0.1, -0.05) is 23.5 Å². The summed E-state index contributed by atoms with van der Waals surface area (Å²) in [6, 6.07) is -0.851. The molecule has 2 amide bonds. The molecule has 8 heteroatoms. The predicted octanol–water partition coefficient (Wildman–Crippen LogP) is 2.32. The third kappa shape index (κ3) is 2.07. The lowest BCUT2D eigenvalue weighted by Gasteiger charge is -2.23. The fourth-order valence-corrected chi connectivity index (χ4v) is 3.75. The molecule has 3 rings (SSSR count). The Kier molecular flexibility index (Phi) is 3.40. The molecule has 1 aliphatic heterocycles. The lowest BCUT2D eigenvalue weighted by atomic mass is 10.1. The molecule has 2 heterocycles. The van der Waals surface area contributed by atoms with E-state index in [0.29, 0.717) is 19.3 Å². The summed E-state index contributed by atoms with van der Waals surface area (Å²) in [6.07, 6.45) is 1.84. The molecule has 1 aromatic rings. The predicted molar refractivity (Wildman–Crippen MR) is 77.9 cm³/mol. The van der Waals surface area contributed by atoms with Crippen LogP contribution in [0.4, 0.5) is 5.00 Å². The number of ketones is 1. The number of nitro groups is 1. The highest BCUT2D eigenvalue weighted by Gasteiger charge is 2.47. The Labute approximate surface area is 129 Å². The molecule has 114 valence electrons. The number of amides is 2. The molecular formula is C14H12N2O5S. The summed E-state index contributed by atoms with van der Waals surface area (Å²) < 4.78 is 0. The molecule has 0 bridgehead atoms. The standard InChI is InChI=1S/C14H12N2O5S/c1-7-3-2-4-9(10(17)5-7)15-12(18)8-6-22-14(16(20)21)11(8)13(15)19/h6,9H,1-5H2/t9-/m0/s1. The Hall–Kier alpha value is -2.35. The number of carbonyl (C=O) groups excluding carboxylic acids is 3. The zero-order valence-electron chi connectivity index (χ0n) is 11.5. The molecule has 0 unspecified atom stereocenters. The molecule has 0 radical (unpaired) electrons. The molecule has 2 aliphatic rings. The van der Waals surface area contributed by atoms with Crippen molar-refractivity contribution in [2.24, 2.45) is 0 Å². The maximum absolute atomic E-state index is 12.5. The molecule has 1 aromatic heterocycles. The van der Waals surface area contributed by atoms with E-state index in [1.165, 1.54) is 5.38 Å². The highest BCUT2D eigenvalue weighted by atomic mass is 32.1. The second-order valence-corrected chi connectivity index (χ2v) is 6.23. The first-order valence-electron chi connectivity index (χ1n) is 6.75. The van der Waals surface area contributed by atoms with Gasteiger partial charge in [0.25, 0.3) is 11.8 Å². The van der Waals surface area contributed by atoms with Crippen LogP contribution in [0.1, 0.15) is 46.4 Å². The topological polar surface area (TPSA) is 97.6 Å². The van der Waals surface area contributed by atoms with Crippen LogP contribution in [0.3, 0.4) is 0 Å². The summed E-state index contributed by atoms with van der Waals surface area (Å²) in [5.41, 5.74) is 0.625. The number of carbonyl (C=O) groups is 3. The van der Waals surface area contributed by atoms with Crippen LogP contribution in [0.15, 0.2) is 17.5 Å². The van der Waals surface area contributed by atoms with Gasteiger partial charge in [0.2, 0.25) is 0 Å². The van der Waals surface area contributed by atoms with E-state index in [0.717, 1.165) is 21.8 Å². The van der Waals surface area contributed by atoms with Crippen LogP contribution in [0, 0.1) is 10.1 Å². The molecule has 0 N–H and O–H groups in total. The van der Waals surface area contributed by atoms with Gasteiger partial charge in [-0.2, -0.15) is 0 Å². The van der Waals surface area contributed by atoms with Gasteiger partial charge in [0.05, 0.1) is 16.5 Å². The van der Waals surface area contributed by atoms with Crippen molar-refractivity contribution in [3.63, 3.8) is 0 Å². The SMILES string of the molecule is C=C1CCC[C@H](N2C(=O)c3csc([N+](=O)[O-])c3C2=O)C(=O)C1. The van der Waals surface area contributed by atoms with Gasteiger partial charge in [-0.05, 0) is 19.3 Å². The van der Waals surface area contributed by atoms with Gasteiger partial charge >= 0.3 is 5.00 Å². The summed E-state index contributed by atoms with van der Waals surface area (Å²) in [5.74, 6) is -1.59. The third-order valence-electron chi connectivity index (χ3n) is 3.93. The molecule has 1 saturated carbocycles. The van der Waals surface area contributed by atoms with Crippen LogP contribution in [-0.2, 0) is 4.79 Å². The van der Waals surface area contributed by atoms with E-state index < -0.39 is 22.8 Å². The fraction of sp³-hybridized carbons (Fsp3) is 0.357. The first-order chi connectivity index (χ1) is 10.4. The van der Waals surface area contributed by atoms with Crippen molar-refractivity contribution in [3.8, 4) is 0 Å². The number of nitrogens with zero attached hydrogens (tertiary/aromatic N) is 2. The highest BCUT2D eigenvalue weighted by Crippen LogP contribution is 2.38. The van der Waals surface area contributed by atoms with Crippen molar-refractivity contribution in [1.29, 1.82) is 0 Å². The number of hydrogen-bond acceptors (Lipinski definition) is 6. The van der Waals surface area contributed by atoms with Gasteiger partial charge in [0, 0.05) is 11.8 Å². The molecule has 0 aromatic carbocycles. The van der Waals surface area contributed by atoms with Crippen LogP contribution >= 0.6 is 11.3 Å². The minimum atomic E-state index is -0.851. The smallest absolute Gasteiger partial charge is 0.297 e. The van der Waals surface area contributed by atoms with Crippen molar-refractivity contribution in [2.45, 2.75) is 31.7 Å². The lowest BCUT2D eigenvalue weighted by molar-refractivity contribution is -0.380. The largest absolute Gasteiger partial charge is 0.337 e. The molecular weight excluding hydrogens is 308 g/mol. The summed E-state index contributed by atoms with van der Waals surface area (Å²) in [5, 5.41) is 11.9. The van der Waals surface area contributed by atoms with Crippen molar-refractivity contribution in [1.82, 2.24) is 4.90 Å². The van der Waals surface area contributed by atoms with E-state index in [1.54, 1.807) is 0 Å². The van der Waals surface area contributed by atoms with Crippen molar-refractivity contribution in [2.75, 3.05) is 0 Å². The summed E-state index contributed by atoms with van der Waals surface area (Å²) in [7, 11) is 0. The second kappa shape index (κ2) is 5.13. The molecule has 22 heavy (non-hydrogen) atoms. The zero-order chi connectivity index (χ0) is 16.0. The fourth-order valence-electron chi connectivity index (χ4n) is 2.90. The maximum atomic E-state index is 12.5. The summed E-state index contributed by atoms with van der Waals surface area (Å²) >= 11 is 0.755. The Balaban J connectivity index is 1.98. The van der Waals surface area contributed by atoms with E-state index in [4.69, 9.17) is 0 Å². The molecule has 1 aliphatic carbocycles. The Morgan fingerprint density at radius 1 is 1.32 bits per heavy atom. The first kappa shape index (κ1) is 14.6. The number of hydrogen-bond donors (Lipinski definition) is 0. The number of Topliss-reactive ketones (excluding diaryl/α,β-unsaturated/α-hetero) is 1. The third-order valence-corrected chi connectivity index (χ3v) is 4.86. The quantitative estimate of drug-likeness (QED) is 0.274. The lowest BCUT2D eigenvalue weighted by Crippen LogP contribution is -2.44. The van der Waals surface area contributed by atoms with Crippen LogP contribution in [0.25, 0.3) is 0 Å². The Morgan fingerprint density at radius 2 is 2.05 bits per heavy atom. The van der Waals surface area contributed by atoms with E-state index in [2.05, 4.69) is 6.58 Å². The van der Waals surface area contributed by atoms with Gasteiger partial charge < -0.3 is 0 Å². The number of allylic oxidation sites excluding steroid dienone is 1.